The molecular weight excluding hydrogens is 306 g/mol. The molecule has 0 saturated carbocycles. The van der Waals surface area contributed by atoms with Gasteiger partial charge in [-0.3, -0.25) is 0 Å². The maximum atomic E-state index is 12.1. The third-order valence-electron chi connectivity index (χ3n) is 2.96. The fraction of sp³-hybridized carbons (Fsp3) is 0.214. The molecule has 7 nitrogen and oxygen atoms in total. The van der Waals surface area contributed by atoms with E-state index < -0.39 is 10.1 Å². The Labute approximate surface area is 127 Å². The molecule has 0 saturated heterocycles. The first-order valence-electron chi connectivity index (χ1n) is 6.35. The minimum Gasteiger partial charge on any atom is -0.396 e. The zero-order chi connectivity index (χ0) is 16.2. The van der Waals surface area contributed by atoms with Crippen LogP contribution < -0.4 is 4.18 Å². The number of hydrogen-bond donors (Lipinski definition) is 1. The number of aromatic nitrogens is 2. The normalized spacial score (nSPS) is 12.4. The van der Waals surface area contributed by atoms with E-state index in [2.05, 4.69) is 10.2 Å². The van der Waals surface area contributed by atoms with Crippen LogP contribution in [0.2, 0.25) is 0 Å². The Kier molecular flexibility index (Phi) is 4.70. The van der Waals surface area contributed by atoms with Crippen molar-refractivity contribution >= 4 is 10.1 Å². The van der Waals surface area contributed by atoms with Crippen molar-refractivity contribution in [2.24, 2.45) is 0 Å². The van der Waals surface area contributed by atoms with Crippen molar-refractivity contribution in [3.8, 4) is 11.9 Å². The summed E-state index contributed by atoms with van der Waals surface area (Å²) >= 11 is 0. The second kappa shape index (κ2) is 6.51. The zero-order valence-electron chi connectivity index (χ0n) is 11.7. The molecule has 2 aromatic rings. The van der Waals surface area contributed by atoms with Crippen LogP contribution in [0.1, 0.15) is 24.1 Å². The van der Waals surface area contributed by atoms with Crippen LogP contribution in [-0.4, -0.2) is 30.3 Å². The molecule has 1 aromatic heterocycles. The Morgan fingerprint density at radius 1 is 1.23 bits per heavy atom. The molecule has 1 heterocycles. The van der Waals surface area contributed by atoms with E-state index in [0.29, 0.717) is 0 Å². The van der Waals surface area contributed by atoms with Gasteiger partial charge in [0.1, 0.15) is 11.0 Å². The van der Waals surface area contributed by atoms with Gasteiger partial charge in [-0.1, -0.05) is 19.1 Å². The van der Waals surface area contributed by atoms with E-state index in [1.807, 2.05) is 6.92 Å². The summed E-state index contributed by atoms with van der Waals surface area (Å²) in [5.74, 6) is -0.297. The first-order chi connectivity index (χ1) is 10.5. The fourth-order valence-electron chi connectivity index (χ4n) is 1.65. The van der Waals surface area contributed by atoms with Gasteiger partial charge in [0, 0.05) is 18.6 Å². The topological polar surface area (TPSA) is 113 Å². The quantitative estimate of drug-likeness (QED) is 0.824. The molecule has 8 heteroatoms. The lowest BCUT2D eigenvalue weighted by molar-refractivity contribution is 0.273. The largest absolute Gasteiger partial charge is 0.396 e. The van der Waals surface area contributed by atoms with E-state index in [1.54, 1.807) is 18.2 Å². The smallest absolute Gasteiger partial charge is 0.340 e. The highest BCUT2D eigenvalue weighted by Crippen LogP contribution is 2.20. The number of nitrogens with zero attached hydrogens (tertiary/aromatic N) is 3. The summed E-state index contributed by atoms with van der Waals surface area (Å²) in [7, 11) is -4.03. The highest BCUT2D eigenvalue weighted by molar-refractivity contribution is 7.87. The zero-order valence-corrected chi connectivity index (χ0v) is 12.5. The van der Waals surface area contributed by atoms with Crippen LogP contribution in [0.5, 0.6) is 5.88 Å². The molecule has 0 radical (unpaired) electrons. The van der Waals surface area contributed by atoms with E-state index in [4.69, 9.17) is 14.6 Å². The Hall–Kier alpha value is -2.50. The van der Waals surface area contributed by atoms with Gasteiger partial charge in [0.05, 0.1) is 0 Å². The Morgan fingerprint density at radius 2 is 1.91 bits per heavy atom. The van der Waals surface area contributed by atoms with Gasteiger partial charge in [-0.2, -0.15) is 13.7 Å². The molecule has 0 fully saturated rings. The predicted octanol–water partition coefficient (Wildman–Crippen LogP) is 1.21. The van der Waals surface area contributed by atoms with Gasteiger partial charge in [0.15, 0.2) is 5.69 Å². The number of nitriles is 1. The summed E-state index contributed by atoms with van der Waals surface area (Å²) in [5, 5.41) is 24.7. The first kappa shape index (κ1) is 15.9. The minimum atomic E-state index is -4.03. The second-order valence-corrected chi connectivity index (χ2v) is 6.11. The maximum absolute atomic E-state index is 12.1. The van der Waals surface area contributed by atoms with Crippen molar-refractivity contribution < 1.29 is 17.7 Å². The average Bonchev–Trinajstić information content (AvgIpc) is 2.54. The standard InChI is InChI=1S/C14H13N3O4S/c1-10(9-18)11-2-5-13(6-3-11)22(19,20)21-14-7-4-12(8-15)16-17-14/h2-7,10,18H,9H2,1H3. The van der Waals surface area contributed by atoms with Gasteiger partial charge in [0.25, 0.3) is 5.88 Å². The van der Waals surface area contributed by atoms with E-state index >= 15 is 0 Å². The molecule has 0 aliphatic heterocycles. The number of hydrogen-bond acceptors (Lipinski definition) is 7. The van der Waals surface area contributed by atoms with Crippen LogP contribution in [-0.2, 0) is 10.1 Å². The molecule has 0 bridgehead atoms. The van der Waals surface area contributed by atoms with Crippen LogP contribution in [0.4, 0.5) is 0 Å². The summed E-state index contributed by atoms with van der Waals surface area (Å²) in [6.07, 6.45) is 0. The molecule has 0 aliphatic rings. The maximum Gasteiger partial charge on any atom is 0.340 e. The third-order valence-corrected chi connectivity index (χ3v) is 4.20. The Balaban J connectivity index is 2.20. The van der Waals surface area contributed by atoms with Crippen LogP contribution in [0.15, 0.2) is 41.3 Å². The van der Waals surface area contributed by atoms with Gasteiger partial charge in [0.2, 0.25) is 0 Å². The SMILES string of the molecule is CC(CO)c1ccc(S(=O)(=O)Oc2ccc(C#N)nn2)cc1. The van der Waals surface area contributed by atoms with E-state index in [-0.39, 0.29) is 29.0 Å². The van der Waals surface area contributed by atoms with Crippen LogP contribution in [0.3, 0.4) is 0 Å². The van der Waals surface area contributed by atoms with Gasteiger partial charge in [-0.05, 0) is 23.8 Å². The second-order valence-electron chi connectivity index (χ2n) is 4.56. The van der Waals surface area contributed by atoms with E-state index in [9.17, 15) is 8.42 Å². The summed E-state index contributed by atoms with van der Waals surface area (Å²) < 4.78 is 29.1. The molecule has 114 valence electrons. The Bertz CT molecular complexity index is 780. The van der Waals surface area contributed by atoms with Crippen molar-refractivity contribution in [3.05, 3.63) is 47.7 Å². The van der Waals surface area contributed by atoms with E-state index in [0.717, 1.165) is 5.56 Å². The molecule has 0 amide bonds. The van der Waals surface area contributed by atoms with Gasteiger partial charge in [-0.25, -0.2) is 0 Å². The molecule has 1 atom stereocenters. The van der Waals surface area contributed by atoms with Crippen LogP contribution >= 0.6 is 0 Å². The molecule has 1 unspecified atom stereocenters. The summed E-state index contributed by atoms with van der Waals surface area (Å²) in [6.45, 7) is 1.80. The van der Waals surface area contributed by atoms with E-state index in [1.165, 1.54) is 24.3 Å². The molecule has 1 aromatic carbocycles. The summed E-state index contributed by atoms with van der Waals surface area (Å²) in [4.78, 5) is -0.0347. The molecule has 1 N–H and O–H groups in total. The number of aliphatic hydroxyl groups excluding tert-OH is 1. The molecule has 0 spiro atoms. The van der Waals surface area contributed by atoms with Crippen molar-refractivity contribution in [1.29, 1.82) is 5.26 Å². The lowest BCUT2D eigenvalue weighted by Crippen LogP contribution is -2.11. The average molecular weight is 319 g/mol. The van der Waals surface area contributed by atoms with Gasteiger partial charge in [-0.15, -0.1) is 10.2 Å². The van der Waals surface area contributed by atoms with Crippen molar-refractivity contribution in [3.63, 3.8) is 0 Å². The molecule has 2 rings (SSSR count). The first-order valence-corrected chi connectivity index (χ1v) is 7.76. The number of benzene rings is 1. The third kappa shape index (κ3) is 3.58. The summed E-state index contributed by atoms with van der Waals surface area (Å²) in [6, 6.07) is 10.4. The molecule has 22 heavy (non-hydrogen) atoms. The van der Waals surface area contributed by atoms with Crippen LogP contribution in [0.25, 0.3) is 0 Å². The molecule has 0 aliphatic carbocycles. The lowest BCUT2D eigenvalue weighted by Gasteiger charge is -2.09. The van der Waals surface area contributed by atoms with Crippen molar-refractivity contribution in [1.82, 2.24) is 10.2 Å². The predicted molar refractivity (Wildman–Crippen MR) is 76.5 cm³/mol. The van der Waals surface area contributed by atoms with Crippen molar-refractivity contribution in [2.45, 2.75) is 17.7 Å². The lowest BCUT2D eigenvalue weighted by atomic mass is 10.0. The highest BCUT2D eigenvalue weighted by Gasteiger charge is 2.18. The van der Waals surface area contributed by atoms with Gasteiger partial charge < -0.3 is 9.29 Å². The van der Waals surface area contributed by atoms with Gasteiger partial charge >= 0.3 is 10.1 Å². The Morgan fingerprint density at radius 3 is 2.41 bits per heavy atom. The number of rotatable bonds is 5. The van der Waals surface area contributed by atoms with Crippen LogP contribution in [0, 0.1) is 11.3 Å². The number of aliphatic hydroxyl groups is 1. The highest BCUT2D eigenvalue weighted by atomic mass is 32.2. The fourth-order valence-corrected chi connectivity index (χ4v) is 2.53. The van der Waals surface area contributed by atoms with Crippen molar-refractivity contribution in [2.75, 3.05) is 6.61 Å². The summed E-state index contributed by atoms with van der Waals surface area (Å²) in [5.41, 5.74) is 0.881. The monoisotopic (exact) mass is 319 g/mol. The minimum absolute atomic E-state index is 0.0244. The molecular formula is C14H13N3O4S.